The summed E-state index contributed by atoms with van der Waals surface area (Å²) in [5.74, 6) is 1.75. The Bertz CT molecular complexity index is 421. The van der Waals surface area contributed by atoms with Crippen LogP contribution in [0.2, 0.25) is 0 Å². The number of benzene rings is 1. The van der Waals surface area contributed by atoms with Crippen LogP contribution in [0, 0.1) is 5.92 Å². The molecule has 1 atom stereocenters. The Labute approximate surface area is 124 Å². The number of hydrogen-bond donors (Lipinski definition) is 1. The van der Waals surface area contributed by atoms with Gasteiger partial charge in [0.15, 0.2) is 0 Å². The zero-order valence-corrected chi connectivity index (χ0v) is 13.3. The molecule has 0 bridgehead atoms. The van der Waals surface area contributed by atoms with Gasteiger partial charge in [-0.2, -0.15) is 0 Å². The van der Waals surface area contributed by atoms with Crippen molar-refractivity contribution in [2.75, 3.05) is 26.7 Å². The van der Waals surface area contributed by atoms with Crippen molar-refractivity contribution in [3.63, 3.8) is 0 Å². The SMILES string of the molecule is CCN(CC1CC1)C(CN)c1ccc(OC)c(Br)c1. The number of hydrogen-bond acceptors (Lipinski definition) is 3. The summed E-state index contributed by atoms with van der Waals surface area (Å²) in [5, 5.41) is 0. The average molecular weight is 327 g/mol. The van der Waals surface area contributed by atoms with Gasteiger partial charge in [-0.05, 0) is 58.9 Å². The molecule has 1 unspecified atom stereocenters. The highest BCUT2D eigenvalue weighted by molar-refractivity contribution is 9.10. The third-order valence-electron chi connectivity index (χ3n) is 3.82. The van der Waals surface area contributed by atoms with Crippen LogP contribution in [0.3, 0.4) is 0 Å². The fourth-order valence-electron chi connectivity index (χ4n) is 2.49. The van der Waals surface area contributed by atoms with Crippen molar-refractivity contribution in [3.05, 3.63) is 28.2 Å². The van der Waals surface area contributed by atoms with E-state index < -0.39 is 0 Å². The van der Waals surface area contributed by atoms with Gasteiger partial charge in [-0.15, -0.1) is 0 Å². The van der Waals surface area contributed by atoms with Gasteiger partial charge in [0.2, 0.25) is 0 Å². The Kier molecular flexibility index (Phi) is 5.25. The maximum absolute atomic E-state index is 6.01. The molecule has 0 amide bonds. The Morgan fingerprint density at radius 1 is 1.47 bits per heavy atom. The second kappa shape index (κ2) is 6.73. The molecule has 1 saturated carbocycles. The molecule has 106 valence electrons. The molecule has 0 spiro atoms. The second-order valence-electron chi connectivity index (χ2n) is 5.18. The summed E-state index contributed by atoms with van der Waals surface area (Å²) >= 11 is 3.55. The van der Waals surface area contributed by atoms with E-state index in [9.17, 15) is 0 Å². The van der Waals surface area contributed by atoms with Gasteiger partial charge in [-0.25, -0.2) is 0 Å². The van der Waals surface area contributed by atoms with Crippen LogP contribution in [0.15, 0.2) is 22.7 Å². The molecule has 0 aliphatic heterocycles. The molecule has 19 heavy (non-hydrogen) atoms. The third kappa shape index (κ3) is 3.71. The van der Waals surface area contributed by atoms with E-state index in [1.54, 1.807) is 7.11 Å². The second-order valence-corrected chi connectivity index (χ2v) is 6.03. The monoisotopic (exact) mass is 326 g/mol. The molecule has 0 aromatic heterocycles. The lowest BCUT2D eigenvalue weighted by atomic mass is 10.0. The zero-order chi connectivity index (χ0) is 13.8. The number of likely N-dealkylation sites (N-methyl/N-ethyl adjacent to an activating group) is 1. The van der Waals surface area contributed by atoms with E-state index in [1.807, 2.05) is 6.07 Å². The number of nitrogens with two attached hydrogens (primary N) is 1. The predicted octanol–water partition coefficient (Wildman–Crippen LogP) is 3.19. The van der Waals surface area contributed by atoms with Gasteiger partial charge in [0.25, 0.3) is 0 Å². The predicted molar refractivity (Wildman–Crippen MR) is 82.5 cm³/mol. The smallest absolute Gasteiger partial charge is 0.133 e. The minimum absolute atomic E-state index is 0.299. The maximum atomic E-state index is 6.01. The summed E-state index contributed by atoms with van der Waals surface area (Å²) in [7, 11) is 1.69. The Balaban J connectivity index is 2.16. The summed E-state index contributed by atoms with van der Waals surface area (Å²) < 4.78 is 6.28. The highest BCUT2D eigenvalue weighted by Gasteiger charge is 2.27. The molecule has 3 nitrogen and oxygen atoms in total. The van der Waals surface area contributed by atoms with E-state index in [0.29, 0.717) is 12.6 Å². The van der Waals surface area contributed by atoms with Crippen LogP contribution in [0.4, 0.5) is 0 Å². The lowest BCUT2D eigenvalue weighted by Crippen LogP contribution is -2.35. The van der Waals surface area contributed by atoms with Gasteiger partial charge in [0.05, 0.1) is 11.6 Å². The molecule has 0 radical (unpaired) electrons. The zero-order valence-electron chi connectivity index (χ0n) is 11.7. The Morgan fingerprint density at radius 2 is 2.21 bits per heavy atom. The standard InChI is InChI=1S/C15H23BrN2O/c1-3-18(10-11-4-5-11)14(9-17)12-6-7-15(19-2)13(16)8-12/h6-8,11,14H,3-5,9-10,17H2,1-2H3. The fraction of sp³-hybridized carbons (Fsp3) is 0.600. The molecule has 1 aliphatic rings. The van der Waals surface area contributed by atoms with Crippen LogP contribution < -0.4 is 10.5 Å². The van der Waals surface area contributed by atoms with E-state index >= 15 is 0 Å². The lowest BCUT2D eigenvalue weighted by molar-refractivity contribution is 0.203. The van der Waals surface area contributed by atoms with E-state index in [2.05, 4.69) is 39.9 Å². The van der Waals surface area contributed by atoms with Crippen molar-refractivity contribution in [2.24, 2.45) is 11.7 Å². The highest BCUT2D eigenvalue weighted by Crippen LogP contribution is 2.34. The first-order valence-corrected chi connectivity index (χ1v) is 7.76. The first-order valence-electron chi connectivity index (χ1n) is 6.97. The summed E-state index contributed by atoms with van der Waals surface area (Å²) in [6.45, 7) is 5.08. The minimum Gasteiger partial charge on any atom is -0.496 e. The highest BCUT2D eigenvalue weighted by atomic mass is 79.9. The van der Waals surface area contributed by atoms with E-state index in [-0.39, 0.29) is 0 Å². The van der Waals surface area contributed by atoms with Crippen LogP contribution in [0.25, 0.3) is 0 Å². The van der Waals surface area contributed by atoms with E-state index in [1.165, 1.54) is 24.9 Å². The molecular formula is C15H23BrN2O. The number of halogens is 1. The summed E-state index contributed by atoms with van der Waals surface area (Å²) in [5.41, 5.74) is 7.27. The van der Waals surface area contributed by atoms with Crippen LogP contribution in [-0.2, 0) is 0 Å². The van der Waals surface area contributed by atoms with E-state index in [0.717, 1.165) is 22.7 Å². The van der Waals surface area contributed by atoms with Gasteiger partial charge in [0, 0.05) is 19.1 Å². The van der Waals surface area contributed by atoms with E-state index in [4.69, 9.17) is 10.5 Å². The van der Waals surface area contributed by atoms with Crippen LogP contribution >= 0.6 is 15.9 Å². The molecule has 1 aromatic carbocycles. The molecule has 2 rings (SSSR count). The molecule has 1 fully saturated rings. The normalized spacial score (nSPS) is 16.7. The lowest BCUT2D eigenvalue weighted by Gasteiger charge is -2.30. The van der Waals surface area contributed by atoms with Crippen molar-refractivity contribution >= 4 is 15.9 Å². The van der Waals surface area contributed by atoms with Crippen molar-refractivity contribution in [3.8, 4) is 5.75 Å². The molecular weight excluding hydrogens is 304 g/mol. The van der Waals surface area contributed by atoms with Crippen LogP contribution in [0.5, 0.6) is 5.75 Å². The minimum atomic E-state index is 0.299. The maximum Gasteiger partial charge on any atom is 0.133 e. The Hall–Kier alpha value is -0.580. The topological polar surface area (TPSA) is 38.5 Å². The first kappa shape index (κ1) is 14.8. The summed E-state index contributed by atoms with van der Waals surface area (Å²) in [4.78, 5) is 2.49. The van der Waals surface area contributed by atoms with Crippen LogP contribution in [-0.4, -0.2) is 31.6 Å². The Morgan fingerprint density at radius 3 is 2.68 bits per heavy atom. The van der Waals surface area contributed by atoms with Gasteiger partial charge in [-0.1, -0.05) is 13.0 Å². The average Bonchev–Trinajstić information content (AvgIpc) is 3.22. The van der Waals surface area contributed by atoms with Crippen LogP contribution in [0.1, 0.15) is 31.4 Å². The van der Waals surface area contributed by atoms with Gasteiger partial charge in [0.1, 0.15) is 5.75 Å². The number of ether oxygens (including phenoxy) is 1. The fourth-order valence-corrected chi connectivity index (χ4v) is 3.05. The number of methoxy groups -OCH3 is 1. The third-order valence-corrected chi connectivity index (χ3v) is 4.44. The number of nitrogens with zero attached hydrogens (tertiary/aromatic N) is 1. The molecule has 2 N–H and O–H groups in total. The number of rotatable bonds is 7. The first-order chi connectivity index (χ1) is 9.19. The summed E-state index contributed by atoms with van der Waals surface area (Å²) in [6.07, 6.45) is 2.75. The van der Waals surface area contributed by atoms with Crippen molar-refractivity contribution < 1.29 is 4.74 Å². The van der Waals surface area contributed by atoms with Crippen molar-refractivity contribution in [1.29, 1.82) is 0 Å². The van der Waals surface area contributed by atoms with Gasteiger partial charge >= 0.3 is 0 Å². The van der Waals surface area contributed by atoms with Crippen molar-refractivity contribution in [2.45, 2.75) is 25.8 Å². The van der Waals surface area contributed by atoms with Crippen molar-refractivity contribution in [1.82, 2.24) is 4.90 Å². The van der Waals surface area contributed by atoms with Gasteiger partial charge < -0.3 is 10.5 Å². The largest absolute Gasteiger partial charge is 0.496 e. The molecule has 1 aromatic rings. The van der Waals surface area contributed by atoms with Gasteiger partial charge in [-0.3, -0.25) is 4.90 Å². The molecule has 4 heteroatoms. The molecule has 0 heterocycles. The summed E-state index contributed by atoms with van der Waals surface area (Å²) in [6, 6.07) is 6.56. The molecule has 0 saturated heterocycles. The molecule has 1 aliphatic carbocycles. The quantitative estimate of drug-likeness (QED) is 0.836.